The molecule has 0 spiro atoms. The van der Waals surface area contributed by atoms with Crippen molar-refractivity contribution in [3.63, 3.8) is 0 Å². The molecule has 0 aromatic heterocycles. The van der Waals surface area contributed by atoms with E-state index in [-0.39, 0.29) is 5.41 Å². The average Bonchev–Trinajstić information content (AvgIpc) is 1.92. The summed E-state index contributed by atoms with van der Waals surface area (Å²) in [7, 11) is 0. The maximum absolute atomic E-state index is 9.82. The Morgan fingerprint density at radius 3 is 2.38 bits per heavy atom. The van der Waals surface area contributed by atoms with Gasteiger partial charge in [-0.15, -0.1) is 0 Å². The summed E-state index contributed by atoms with van der Waals surface area (Å²) >= 11 is 0. The maximum Gasteiger partial charge on any atom is 0.0803 e. The van der Waals surface area contributed by atoms with E-state index in [1.165, 1.54) is 0 Å². The highest BCUT2D eigenvalue weighted by Crippen LogP contribution is 2.40. The number of hydrogen-bond acceptors (Lipinski definition) is 1. The summed E-state index contributed by atoms with van der Waals surface area (Å²) in [6.45, 7) is 12.1. The summed E-state index contributed by atoms with van der Waals surface area (Å²) in [5, 5.41) is 9.82. The van der Waals surface area contributed by atoms with Crippen LogP contribution in [-0.2, 0) is 0 Å². The molecular weight excluding hydrogens is 160 g/mol. The third-order valence-corrected chi connectivity index (χ3v) is 3.02. The van der Waals surface area contributed by atoms with Gasteiger partial charge in [-0.3, -0.25) is 0 Å². The molecule has 13 heavy (non-hydrogen) atoms. The summed E-state index contributed by atoms with van der Waals surface area (Å²) in [4.78, 5) is 0. The predicted molar refractivity (Wildman–Crippen MR) is 56.5 cm³/mol. The Labute approximate surface area is 81.2 Å². The first-order valence-electron chi connectivity index (χ1n) is 4.86. The van der Waals surface area contributed by atoms with Gasteiger partial charge in [0.1, 0.15) is 0 Å². The minimum atomic E-state index is -0.681. The molecule has 0 aromatic carbocycles. The first kappa shape index (κ1) is 10.5. The molecule has 0 atom stereocenters. The standard InChI is InChI=1S/C12H20O/c1-9-8-10(12(4,5)13)6-7-11(9,2)3/h8,13H,1,6-7H2,2-5H3. The van der Waals surface area contributed by atoms with Gasteiger partial charge >= 0.3 is 0 Å². The highest BCUT2D eigenvalue weighted by molar-refractivity contribution is 5.33. The fourth-order valence-corrected chi connectivity index (χ4v) is 1.57. The van der Waals surface area contributed by atoms with Gasteiger partial charge in [-0.1, -0.05) is 26.5 Å². The first-order valence-corrected chi connectivity index (χ1v) is 4.86. The van der Waals surface area contributed by atoms with Crippen molar-refractivity contribution in [3.05, 3.63) is 23.8 Å². The molecule has 1 aliphatic carbocycles. The van der Waals surface area contributed by atoms with Gasteiger partial charge in [0.15, 0.2) is 0 Å². The maximum atomic E-state index is 9.82. The lowest BCUT2D eigenvalue weighted by Crippen LogP contribution is -2.28. The zero-order chi connectivity index (χ0) is 10.3. The summed E-state index contributed by atoms with van der Waals surface area (Å²) in [5.74, 6) is 0. The van der Waals surface area contributed by atoms with Crippen LogP contribution >= 0.6 is 0 Å². The Bertz CT molecular complexity index is 251. The lowest BCUT2D eigenvalue weighted by Gasteiger charge is -2.34. The topological polar surface area (TPSA) is 20.2 Å². The molecule has 0 heterocycles. The highest BCUT2D eigenvalue weighted by atomic mass is 16.3. The van der Waals surface area contributed by atoms with Crippen molar-refractivity contribution in [1.82, 2.24) is 0 Å². The molecule has 1 heteroatoms. The van der Waals surface area contributed by atoms with Gasteiger partial charge in [-0.25, -0.2) is 0 Å². The molecule has 0 aliphatic heterocycles. The van der Waals surface area contributed by atoms with E-state index in [0.717, 1.165) is 24.0 Å². The van der Waals surface area contributed by atoms with E-state index < -0.39 is 5.60 Å². The van der Waals surface area contributed by atoms with Gasteiger partial charge in [-0.05, 0) is 43.3 Å². The molecule has 0 fully saturated rings. The molecule has 0 unspecified atom stereocenters. The lowest BCUT2D eigenvalue weighted by molar-refractivity contribution is 0.112. The minimum absolute atomic E-state index is 0.203. The molecular formula is C12H20O. The Hall–Kier alpha value is -0.560. The molecule has 0 bridgehead atoms. The predicted octanol–water partition coefficient (Wildman–Crippen LogP) is 3.06. The van der Waals surface area contributed by atoms with E-state index in [2.05, 4.69) is 26.5 Å². The van der Waals surface area contributed by atoms with Crippen LogP contribution in [0.25, 0.3) is 0 Å². The summed E-state index contributed by atoms with van der Waals surface area (Å²) in [6, 6.07) is 0. The normalized spacial score (nSPS) is 22.8. The Balaban J connectivity index is 2.92. The zero-order valence-electron chi connectivity index (χ0n) is 9.15. The molecule has 0 aromatic rings. The highest BCUT2D eigenvalue weighted by Gasteiger charge is 2.30. The number of hydrogen-bond donors (Lipinski definition) is 1. The molecule has 74 valence electrons. The lowest BCUT2D eigenvalue weighted by atomic mass is 9.72. The largest absolute Gasteiger partial charge is 0.386 e. The second kappa shape index (κ2) is 2.98. The molecule has 1 aliphatic rings. The van der Waals surface area contributed by atoms with Gasteiger partial charge in [0.2, 0.25) is 0 Å². The fourth-order valence-electron chi connectivity index (χ4n) is 1.57. The molecule has 1 N–H and O–H groups in total. The van der Waals surface area contributed by atoms with Crippen molar-refractivity contribution < 1.29 is 5.11 Å². The molecule has 0 saturated carbocycles. The van der Waals surface area contributed by atoms with Crippen molar-refractivity contribution in [1.29, 1.82) is 0 Å². The van der Waals surface area contributed by atoms with Crippen LogP contribution < -0.4 is 0 Å². The quantitative estimate of drug-likeness (QED) is 0.657. The number of aliphatic hydroxyl groups is 1. The number of allylic oxidation sites excluding steroid dienone is 2. The van der Waals surface area contributed by atoms with Crippen LogP contribution in [0.5, 0.6) is 0 Å². The Morgan fingerprint density at radius 2 is 2.00 bits per heavy atom. The number of rotatable bonds is 1. The SMILES string of the molecule is C=C1C=C(C(C)(C)O)CCC1(C)C. The van der Waals surface area contributed by atoms with Gasteiger partial charge in [0.25, 0.3) is 0 Å². The molecule has 1 nitrogen and oxygen atoms in total. The van der Waals surface area contributed by atoms with Crippen molar-refractivity contribution in [2.24, 2.45) is 5.41 Å². The molecule has 0 amide bonds. The van der Waals surface area contributed by atoms with E-state index in [1.807, 2.05) is 13.8 Å². The van der Waals surface area contributed by atoms with Crippen molar-refractivity contribution in [2.45, 2.75) is 46.1 Å². The van der Waals surface area contributed by atoms with Crippen LogP contribution in [0, 0.1) is 5.41 Å². The third-order valence-electron chi connectivity index (χ3n) is 3.02. The first-order chi connectivity index (χ1) is 5.73. The van der Waals surface area contributed by atoms with E-state index in [1.54, 1.807) is 0 Å². The Morgan fingerprint density at radius 1 is 1.46 bits per heavy atom. The van der Waals surface area contributed by atoms with Crippen LogP contribution in [0.4, 0.5) is 0 Å². The van der Waals surface area contributed by atoms with E-state index in [9.17, 15) is 5.11 Å². The van der Waals surface area contributed by atoms with E-state index in [4.69, 9.17) is 0 Å². The second-order valence-corrected chi connectivity index (χ2v) is 5.14. The molecule has 1 rings (SSSR count). The summed E-state index contributed by atoms with van der Waals surface area (Å²) in [6.07, 6.45) is 4.13. The van der Waals surface area contributed by atoms with Crippen LogP contribution in [0.15, 0.2) is 23.8 Å². The zero-order valence-corrected chi connectivity index (χ0v) is 9.15. The van der Waals surface area contributed by atoms with E-state index in [0.29, 0.717) is 0 Å². The monoisotopic (exact) mass is 180 g/mol. The fraction of sp³-hybridized carbons (Fsp3) is 0.667. The minimum Gasteiger partial charge on any atom is -0.386 e. The van der Waals surface area contributed by atoms with E-state index >= 15 is 0 Å². The van der Waals surface area contributed by atoms with Gasteiger partial charge in [0.05, 0.1) is 5.60 Å². The van der Waals surface area contributed by atoms with Crippen molar-refractivity contribution in [2.75, 3.05) is 0 Å². The van der Waals surface area contributed by atoms with Gasteiger partial charge in [-0.2, -0.15) is 0 Å². The third kappa shape index (κ3) is 2.22. The van der Waals surface area contributed by atoms with Crippen LogP contribution in [0.3, 0.4) is 0 Å². The van der Waals surface area contributed by atoms with Crippen molar-refractivity contribution >= 4 is 0 Å². The van der Waals surface area contributed by atoms with Crippen LogP contribution in [0.1, 0.15) is 40.5 Å². The van der Waals surface area contributed by atoms with Crippen LogP contribution in [-0.4, -0.2) is 10.7 Å². The second-order valence-electron chi connectivity index (χ2n) is 5.14. The summed E-state index contributed by atoms with van der Waals surface area (Å²) < 4.78 is 0. The smallest absolute Gasteiger partial charge is 0.0803 e. The van der Waals surface area contributed by atoms with Crippen molar-refractivity contribution in [3.8, 4) is 0 Å². The Kier molecular flexibility index (Phi) is 2.42. The van der Waals surface area contributed by atoms with Gasteiger partial charge in [0, 0.05) is 0 Å². The van der Waals surface area contributed by atoms with Gasteiger partial charge < -0.3 is 5.11 Å². The average molecular weight is 180 g/mol. The molecule has 0 radical (unpaired) electrons. The summed E-state index contributed by atoms with van der Waals surface area (Å²) in [5.41, 5.74) is 1.77. The molecule has 0 saturated heterocycles. The van der Waals surface area contributed by atoms with Crippen LogP contribution in [0.2, 0.25) is 0 Å².